The van der Waals surface area contributed by atoms with E-state index in [4.69, 9.17) is 0 Å². The Morgan fingerprint density at radius 2 is 1.81 bits per heavy atom. The molecule has 0 aliphatic carbocycles. The number of pyridine rings is 1. The number of hydrogen-bond donors (Lipinski definition) is 0. The minimum Gasteiger partial charge on any atom is -0.290 e. The van der Waals surface area contributed by atoms with Crippen LogP contribution in [0.4, 0.5) is 0 Å². The van der Waals surface area contributed by atoms with Crippen molar-refractivity contribution in [1.29, 1.82) is 5.26 Å². The molecule has 0 saturated heterocycles. The van der Waals surface area contributed by atoms with Gasteiger partial charge in [0.05, 0.1) is 0 Å². The zero-order chi connectivity index (χ0) is 15.0. The number of imidazole rings is 1. The number of nitriles is 1. The zero-order valence-corrected chi connectivity index (χ0v) is 12.5. The number of rotatable bonds is 2. The minimum atomic E-state index is 0.498. The Morgan fingerprint density at radius 1 is 1.10 bits per heavy atom. The molecule has 0 fully saturated rings. The van der Waals surface area contributed by atoms with Crippen molar-refractivity contribution < 1.29 is 0 Å². The number of nitrogens with zero attached hydrogens (tertiary/aromatic N) is 3. The van der Waals surface area contributed by atoms with Crippen LogP contribution >= 0.6 is 0 Å². The van der Waals surface area contributed by atoms with Gasteiger partial charge in [0, 0.05) is 11.8 Å². The number of fused-ring (bicyclic) bond motifs is 1. The SMILES string of the molecule is Cc1ccc2nc(-c3ccc(C(C)C)cc3)c(C#N)n2c1. The van der Waals surface area contributed by atoms with Gasteiger partial charge in [-0.05, 0) is 30.0 Å². The third kappa shape index (κ3) is 2.30. The van der Waals surface area contributed by atoms with Crippen LogP contribution in [0.1, 0.15) is 36.6 Å². The number of benzene rings is 1. The van der Waals surface area contributed by atoms with Crippen LogP contribution in [0.25, 0.3) is 16.9 Å². The smallest absolute Gasteiger partial charge is 0.152 e. The third-order valence-corrected chi connectivity index (χ3v) is 3.72. The highest BCUT2D eigenvalue weighted by Gasteiger charge is 2.13. The molecule has 0 saturated carbocycles. The Kier molecular flexibility index (Phi) is 3.23. The van der Waals surface area contributed by atoms with Crippen LogP contribution < -0.4 is 0 Å². The van der Waals surface area contributed by atoms with Gasteiger partial charge in [0.15, 0.2) is 5.69 Å². The summed E-state index contributed by atoms with van der Waals surface area (Å²) in [6, 6.07) is 14.5. The van der Waals surface area contributed by atoms with Gasteiger partial charge in [-0.1, -0.05) is 44.2 Å². The lowest BCUT2D eigenvalue weighted by atomic mass is 10.0. The first-order valence-electron chi connectivity index (χ1n) is 7.09. The molecule has 0 radical (unpaired) electrons. The van der Waals surface area contributed by atoms with E-state index in [1.54, 1.807) is 0 Å². The Morgan fingerprint density at radius 3 is 2.43 bits per heavy atom. The predicted molar refractivity (Wildman–Crippen MR) is 84.2 cm³/mol. The zero-order valence-electron chi connectivity index (χ0n) is 12.5. The normalized spacial score (nSPS) is 11.0. The van der Waals surface area contributed by atoms with Crippen molar-refractivity contribution >= 4 is 5.65 Å². The van der Waals surface area contributed by atoms with E-state index in [1.165, 1.54) is 5.56 Å². The van der Waals surface area contributed by atoms with E-state index in [9.17, 15) is 5.26 Å². The summed E-state index contributed by atoms with van der Waals surface area (Å²) in [4.78, 5) is 4.61. The molecule has 0 aliphatic heterocycles. The van der Waals surface area contributed by atoms with E-state index in [0.29, 0.717) is 11.6 Å². The standard InChI is InChI=1S/C18H17N3/c1-12(2)14-5-7-15(8-6-14)18-16(10-19)21-11-13(3)4-9-17(21)20-18/h4-9,11-12H,1-3H3. The molecular formula is C18H17N3. The highest BCUT2D eigenvalue weighted by atomic mass is 15.0. The lowest BCUT2D eigenvalue weighted by Gasteiger charge is -2.05. The van der Waals surface area contributed by atoms with Gasteiger partial charge in [-0.3, -0.25) is 4.40 Å². The summed E-state index contributed by atoms with van der Waals surface area (Å²) in [5.41, 5.74) is 5.52. The summed E-state index contributed by atoms with van der Waals surface area (Å²) in [5.74, 6) is 0.498. The maximum atomic E-state index is 9.49. The van der Waals surface area contributed by atoms with Gasteiger partial charge in [0.25, 0.3) is 0 Å². The molecule has 0 atom stereocenters. The maximum absolute atomic E-state index is 9.49. The summed E-state index contributed by atoms with van der Waals surface area (Å²) in [6.45, 7) is 6.35. The van der Waals surface area contributed by atoms with Gasteiger partial charge in [0.2, 0.25) is 0 Å². The molecule has 0 bridgehead atoms. The average Bonchev–Trinajstić information content (AvgIpc) is 2.85. The quantitative estimate of drug-likeness (QED) is 0.699. The number of aryl methyl sites for hydroxylation is 1. The highest BCUT2D eigenvalue weighted by Crippen LogP contribution is 2.26. The van der Waals surface area contributed by atoms with Crippen molar-refractivity contribution in [1.82, 2.24) is 9.38 Å². The predicted octanol–water partition coefficient (Wildman–Crippen LogP) is 4.30. The van der Waals surface area contributed by atoms with E-state index in [0.717, 1.165) is 22.5 Å². The third-order valence-electron chi connectivity index (χ3n) is 3.72. The van der Waals surface area contributed by atoms with Gasteiger partial charge in [-0.2, -0.15) is 5.26 Å². The fourth-order valence-corrected chi connectivity index (χ4v) is 2.48. The second kappa shape index (κ2) is 5.06. The van der Waals surface area contributed by atoms with Crippen LogP contribution in [0.15, 0.2) is 42.6 Å². The number of aromatic nitrogens is 2. The molecule has 3 nitrogen and oxygen atoms in total. The second-order valence-electron chi connectivity index (χ2n) is 5.63. The molecule has 1 aromatic carbocycles. The number of hydrogen-bond acceptors (Lipinski definition) is 2. The monoisotopic (exact) mass is 275 g/mol. The van der Waals surface area contributed by atoms with Crippen molar-refractivity contribution in [3.63, 3.8) is 0 Å². The molecule has 3 rings (SSSR count). The molecule has 0 spiro atoms. The highest BCUT2D eigenvalue weighted by molar-refractivity contribution is 5.69. The van der Waals surface area contributed by atoms with Gasteiger partial charge < -0.3 is 0 Å². The Bertz CT molecular complexity index is 833. The van der Waals surface area contributed by atoms with E-state index in [-0.39, 0.29) is 0 Å². The largest absolute Gasteiger partial charge is 0.290 e. The van der Waals surface area contributed by atoms with Crippen LogP contribution in [0.2, 0.25) is 0 Å². The Balaban J connectivity index is 2.18. The molecule has 2 heterocycles. The summed E-state index contributed by atoms with van der Waals surface area (Å²) in [5, 5.41) is 9.49. The molecular weight excluding hydrogens is 258 g/mol. The van der Waals surface area contributed by atoms with E-state index in [2.05, 4.69) is 37.0 Å². The van der Waals surface area contributed by atoms with Crippen molar-refractivity contribution in [2.75, 3.05) is 0 Å². The molecule has 0 N–H and O–H groups in total. The lowest BCUT2D eigenvalue weighted by molar-refractivity contribution is 0.867. The Labute approximate surface area is 124 Å². The van der Waals surface area contributed by atoms with Crippen molar-refractivity contribution in [3.05, 3.63) is 59.4 Å². The first kappa shape index (κ1) is 13.4. The molecule has 3 aromatic rings. The maximum Gasteiger partial charge on any atom is 0.152 e. The fourth-order valence-electron chi connectivity index (χ4n) is 2.48. The molecule has 0 aliphatic rings. The van der Waals surface area contributed by atoms with Gasteiger partial charge in [-0.25, -0.2) is 4.98 Å². The first-order valence-corrected chi connectivity index (χ1v) is 7.09. The van der Waals surface area contributed by atoms with Crippen LogP contribution in [0.5, 0.6) is 0 Å². The fraction of sp³-hybridized carbons (Fsp3) is 0.222. The van der Waals surface area contributed by atoms with Gasteiger partial charge >= 0.3 is 0 Å². The molecule has 21 heavy (non-hydrogen) atoms. The van der Waals surface area contributed by atoms with Crippen molar-refractivity contribution in [2.24, 2.45) is 0 Å². The van der Waals surface area contributed by atoms with E-state index < -0.39 is 0 Å². The van der Waals surface area contributed by atoms with E-state index >= 15 is 0 Å². The second-order valence-corrected chi connectivity index (χ2v) is 5.63. The molecule has 0 unspecified atom stereocenters. The summed E-state index contributed by atoms with van der Waals surface area (Å²) < 4.78 is 1.86. The van der Waals surface area contributed by atoms with Crippen molar-refractivity contribution in [2.45, 2.75) is 26.7 Å². The summed E-state index contributed by atoms with van der Waals surface area (Å²) in [7, 11) is 0. The van der Waals surface area contributed by atoms with Crippen molar-refractivity contribution in [3.8, 4) is 17.3 Å². The summed E-state index contributed by atoms with van der Waals surface area (Å²) >= 11 is 0. The summed E-state index contributed by atoms with van der Waals surface area (Å²) in [6.07, 6.45) is 1.95. The van der Waals surface area contributed by atoms with Crippen LogP contribution in [0.3, 0.4) is 0 Å². The van der Waals surface area contributed by atoms with Crippen LogP contribution in [-0.2, 0) is 0 Å². The first-order chi connectivity index (χ1) is 10.1. The average molecular weight is 275 g/mol. The van der Waals surface area contributed by atoms with Crippen LogP contribution in [-0.4, -0.2) is 9.38 Å². The van der Waals surface area contributed by atoms with E-state index in [1.807, 2.05) is 41.8 Å². The van der Waals surface area contributed by atoms with Gasteiger partial charge in [0.1, 0.15) is 17.4 Å². The molecule has 0 amide bonds. The van der Waals surface area contributed by atoms with Gasteiger partial charge in [-0.15, -0.1) is 0 Å². The topological polar surface area (TPSA) is 41.1 Å². The molecule has 3 heteroatoms. The molecule has 2 aromatic heterocycles. The minimum absolute atomic E-state index is 0.498. The Hall–Kier alpha value is -2.60. The van der Waals surface area contributed by atoms with Crippen LogP contribution in [0, 0.1) is 18.3 Å². The molecule has 104 valence electrons. The lowest BCUT2D eigenvalue weighted by Crippen LogP contribution is -1.90.